The van der Waals surface area contributed by atoms with Crippen LogP contribution in [0.2, 0.25) is 11.4 Å². The largest absolute Gasteiger partial charge is 0.504 e. The Kier molecular flexibility index (Phi) is 12.5. The predicted molar refractivity (Wildman–Crippen MR) is 238 cm³/mol. The third-order valence-electron chi connectivity index (χ3n) is 12.2. The highest BCUT2D eigenvalue weighted by Gasteiger charge is 2.55. The predicted octanol–water partition coefficient (Wildman–Crippen LogP) is 9.05. The van der Waals surface area contributed by atoms with Gasteiger partial charge in [0.2, 0.25) is 0 Å². The van der Waals surface area contributed by atoms with E-state index in [1.807, 2.05) is 36.4 Å². The molecule has 0 unspecified atom stereocenters. The normalized spacial score (nSPS) is 21.2. The number of phenols is 1. The summed E-state index contributed by atoms with van der Waals surface area (Å²) in [5, 5.41) is 24.0. The van der Waals surface area contributed by atoms with Crippen molar-refractivity contribution in [3.63, 3.8) is 0 Å². The van der Waals surface area contributed by atoms with E-state index in [4.69, 9.17) is 13.8 Å². The summed E-state index contributed by atoms with van der Waals surface area (Å²) in [4.78, 5) is 28.9. The van der Waals surface area contributed by atoms with E-state index in [9.17, 15) is 19.7 Å². The van der Waals surface area contributed by atoms with Crippen LogP contribution < -0.4 is 15.1 Å². The van der Waals surface area contributed by atoms with Gasteiger partial charge in [0, 0.05) is 23.0 Å². The molecule has 7 rings (SSSR count). The fraction of sp³-hybridized carbons (Fsp3) is 0.362. The average molecular weight is 895 g/mol. The van der Waals surface area contributed by atoms with Crippen LogP contribution in [0.5, 0.6) is 11.5 Å². The van der Waals surface area contributed by atoms with E-state index in [1.165, 1.54) is 15.9 Å². The van der Waals surface area contributed by atoms with Gasteiger partial charge < -0.3 is 23.9 Å². The molecule has 0 amide bonds. The van der Waals surface area contributed by atoms with Crippen LogP contribution in [0.1, 0.15) is 86.1 Å². The van der Waals surface area contributed by atoms with Gasteiger partial charge in [-0.1, -0.05) is 131 Å². The highest BCUT2D eigenvalue weighted by molar-refractivity contribution is 14.1. The fourth-order valence-electron chi connectivity index (χ4n) is 9.73. The standard InChI is InChI=1S/C47H52BIO7Si/c1-6-15-30(24-31-25-39(49)46(52)41(26-31)54-5)22-23-40-42-32(29-55-57(47(2,3)4,33-16-9-7-10-17-33)34-18-11-8-12-19-34)27-37-43(38(42)28-48(53)56-40)45(51)36-21-14-13-20-35(36)44(37)50/h7-14,16-21,24-26,37-38,40,43,52-53H,6,15,22-23,27-29H2,1-5H3/b30-24+/t37-,38+,40-,43-/m1/s1. The summed E-state index contributed by atoms with van der Waals surface area (Å²) >= 11 is 2.12. The number of allylic oxidation sites excluding steroid dienone is 1. The maximum atomic E-state index is 14.5. The Morgan fingerprint density at radius 3 is 2.12 bits per heavy atom. The summed E-state index contributed by atoms with van der Waals surface area (Å²) < 4.78 is 20.2. The van der Waals surface area contributed by atoms with Crippen molar-refractivity contribution in [3.05, 3.63) is 134 Å². The van der Waals surface area contributed by atoms with Gasteiger partial charge in [-0.3, -0.25) is 9.59 Å². The number of ketones is 2. The molecule has 1 aliphatic heterocycles. The number of Topliss-reactive ketones (excluding diaryl/α,β-unsaturated/α-hetero) is 2. The monoisotopic (exact) mass is 894 g/mol. The van der Waals surface area contributed by atoms with Crippen molar-refractivity contribution >= 4 is 66.0 Å². The van der Waals surface area contributed by atoms with Gasteiger partial charge in [0.05, 0.1) is 23.4 Å². The molecule has 0 spiro atoms. The smallest absolute Gasteiger partial charge is 0.455 e. The first-order valence-corrected chi connectivity index (χ1v) is 23.1. The van der Waals surface area contributed by atoms with Crippen molar-refractivity contribution in [1.82, 2.24) is 0 Å². The van der Waals surface area contributed by atoms with Crippen LogP contribution in [0.15, 0.2) is 114 Å². The topological polar surface area (TPSA) is 102 Å². The number of aromatic hydroxyl groups is 1. The molecule has 3 aliphatic rings. The third-order valence-corrected chi connectivity index (χ3v) is 18.0. The van der Waals surface area contributed by atoms with Crippen LogP contribution in [0.25, 0.3) is 6.08 Å². The molecule has 7 nitrogen and oxygen atoms in total. The molecule has 0 saturated carbocycles. The van der Waals surface area contributed by atoms with E-state index in [0.717, 1.165) is 29.6 Å². The number of carbonyl (C=O) groups is 2. The van der Waals surface area contributed by atoms with E-state index >= 15 is 0 Å². The molecule has 1 heterocycles. The molecule has 0 radical (unpaired) electrons. The number of benzene rings is 4. The SMILES string of the molecule is CCC/C(=C\c1cc(I)c(O)c(OC)c1)CC[C@H]1OB(O)C[C@H]2C1=C(CO[Si](c1ccccc1)(c1ccccc1)C(C)(C)C)C[C@H]1C(=O)c3ccccc3C(=O)[C@H]12. The van der Waals surface area contributed by atoms with Crippen molar-refractivity contribution < 1.29 is 33.5 Å². The molecule has 4 atom stereocenters. The Bertz CT molecular complexity index is 2140. The minimum absolute atomic E-state index is 0.0122. The molecular weight excluding hydrogens is 842 g/mol. The summed E-state index contributed by atoms with van der Waals surface area (Å²) in [5.41, 5.74) is 5.11. The Balaban J connectivity index is 1.32. The molecule has 1 saturated heterocycles. The van der Waals surface area contributed by atoms with Gasteiger partial charge in [-0.15, -0.1) is 0 Å². The van der Waals surface area contributed by atoms with Crippen LogP contribution in [0.3, 0.4) is 0 Å². The molecule has 2 aliphatic carbocycles. The van der Waals surface area contributed by atoms with E-state index in [0.29, 0.717) is 39.7 Å². The van der Waals surface area contributed by atoms with Gasteiger partial charge in [-0.2, -0.15) is 0 Å². The zero-order chi connectivity index (χ0) is 40.5. The maximum absolute atomic E-state index is 14.5. The quantitative estimate of drug-likeness (QED) is 0.0832. The van der Waals surface area contributed by atoms with Crippen LogP contribution >= 0.6 is 22.6 Å². The number of fused-ring (bicyclic) bond motifs is 4. The summed E-state index contributed by atoms with van der Waals surface area (Å²) in [7, 11) is -2.51. The molecule has 57 heavy (non-hydrogen) atoms. The lowest BCUT2D eigenvalue weighted by Gasteiger charge is -2.48. The summed E-state index contributed by atoms with van der Waals surface area (Å²) in [6, 6.07) is 32.1. The lowest BCUT2D eigenvalue weighted by molar-refractivity contribution is 0.0591. The highest BCUT2D eigenvalue weighted by atomic mass is 127. The minimum Gasteiger partial charge on any atom is -0.504 e. The lowest BCUT2D eigenvalue weighted by atomic mass is 9.54. The molecule has 4 aromatic carbocycles. The first-order chi connectivity index (χ1) is 27.4. The van der Waals surface area contributed by atoms with Crippen LogP contribution in [-0.2, 0) is 9.08 Å². The minimum atomic E-state index is -2.98. The maximum Gasteiger partial charge on any atom is 0.455 e. The second-order valence-corrected chi connectivity index (χ2v) is 22.2. The fourth-order valence-corrected chi connectivity index (χ4v) is 14.9. The molecule has 0 bridgehead atoms. The van der Waals surface area contributed by atoms with E-state index in [1.54, 1.807) is 19.2 Å². The van der Waals surface area contributed by atoms with Crippen molar-refractivity contribution in [2.24, 2.45) is 17.8 Å². The number of hydrogen-bond acceptors (Lipinski definition) is 7. The van der Waals surface area contributed by atoms with Gasteiger partial charge >= 0.3 is 7.12 Å². The number of carbonyl (C=O) groups excluding carboxylic acids is 2. The highest BCUT2D eigenvalue weighted by Crippen LogP contribution is 2.51. The van der Waals surface area contributed by atoms with Crippen LogP contribution in [0, 0.1) is 21.3 Å². The van der Waals surface area contributed by atoms with Gasteiger partial charge in [0.15, 0.2) is 23.1 Å². The van der Waals surface area contributed by atoms with Crippen molar-refractivity contribution in [2.45, 2.75) is 77.3 Å². The first-order valence-electron chi connectivity index (χ1n) is 20.1. The number of phenolic OH excluding ortho intramolecular Hbond substituents is 1. The van der Waals surface area contributed by atoms with Crippen LogP contribution in [0.4, 0.5) is 0 Å². The summed E-state index contributed by atoms with van der Waals surface area (Å²) in [5.74, 6) is -1.00. The molecular formula is C47H52BIO7Si. The Hall–Kier alpha value is -3.81. The number of methoxy groups -OCH3 is 1. The van der Waals surface area contributed by atoms with Gasteiger partial charge in [-0.25, -0.2) is 0 Å². The van der Waals surface area contributed by atoms with Gasteiger partial charge in [-0.05, 0) is 105 Å². The number of ether oxygens (including phenoxy) is 1. The number of rotatable bonds is 12. The van der Waals surface area contributed by atoms with E-state index < -0.39 is 33.4 Å². The average Bonchev–Trinajstić information content (AvgIpc) is 3.20. The summed E-state index contributed by atoms with van der Waals surface area (Å²) in [6.45, 7) is 9.20. The zero-order valence-electron chi connectivity index (χ0n) is 33.5. The van der Waals surface area contributed by atoms with E-state index in [2.05, 4.69) is 105 Å². The van der Waals surface area contributed by atoms with Gasteiger partial charge in [0.25, 0.3) is 8.32 Å². The number of hydrogen-bond donors (Lipinski definition) is 2. The van der Waals surface area contributed by atoms with Crippen molar-refractivity contribution in [2.75, 3.05) is 13.7 Å². The van der Waals surface area contributed by atoms with Gasteiger partial charge in [0.1, 0.15) is 0 Å². The lowest BCUT2D eigenvalue weighted by Crippen LogP contribution is -2.66. The first kappa shape index (κ1) is 41.4. The molecule has 0 aromatic heterocycles. The molecule has 1 fully saturated rings. The summed E-state index contributed by atoms with van der Waals surface area (Å²) in [6.07, 6.45) is 5.38. The zero-order valence-corrected chi connectivity index (χ0v) is 36.6. The van der Waals surface area contributed by atoms with Crippen LogP contribution in [-0.4, -0.2) is 57.0 Å². The van der Waals surface area contributed by atoms with Crippen molar-refractivity contribution in [3.8, 4) is 11.5 Å². The second-order valence-electron chi connectivity index (χ2n) is 16.7. The molecule has 2 N–H and O–H groups in total. The Morgan fingerprint density at radius 1 is 0.912 bits per heavy atom. The Labute approximate surface area is 352 Å². The van der Waals surface area contributed by atoms with Crippen molar-refractivity contribution in [1.29, 1.82) is 0 Å². The number of halogens is 1. The Morgan fingerprint density at radius 2 is 1.53 bits per heavy atom. The molecule has 10 heteroatoms. The molecule has 4 aromatic rings. The second kappa shape index (κ2) is 17.2. The third kappa shape index (κ3) is 8.00. The van der Waals surface area contributed by atoms with E-state index in [-0.39, 0.29) is 41.2 Å². The molecule has 296 valence electrons.